The Kier molecular flexibility index (Phi) is 17.1. The first-order chi connectivity index (χ1) is 20.3. The molecule has 2 aromatic carbocycles. The molecule has 228 valence electrons. The van der Waals surface area contributed by atoms with E-state index in [9.17, 15) is 4.79 Å². The number of benzene rings is 2. The maximum Gasteiger partial charge on any atom is 0.277 e. The van der Waals surface area contributed by atoms with Crippen LogP contribution in [0.4, 0.5) is 5.95 Å². The van der Waals surface area contributed by atoms with Crippen molar-refractivity contribution >= 4 is 25.4 Å². The second kappa shape index (κ2) is 19.9. The SMILES string of the molecule is C=O.C=O.CN1CCN(c2ncc(C(=O)NO)cn2)CC1.Cc1ccc(-c2ccccc2CN(C)CCN(C)C)cc1. The summed E-state index contributed by atoms with van der Waals surface area (Å²) in [6.07, 6.45) is 2.82. The predicted molar refractivity (Wildman–Crippen MR) is 167 cm³/mol. The first kappa shape index (κ1) is 36.0. The number of anilines is 1. The van der Waals surface area contributed by atoms with E-state index in [-0.39, 0.29) is 5.56 Å². The average molecular weight is 580 g/mol. The van der Waals surface area contributed by atoms with Crippen molar-refractivity contribution in [2.45, 2.75) is 13.5 Å². The van der Waals surface area contributed by atoms with Gasteiger partial charge in [-0.3, -0.25) is 10.0 Å². The van der Waals surface area contributed by atoms with Gasteiger partial charge in [-0.2, -0.15) is 0 Å². The Morgan fingerprint density at radius 3 is 2.02 bits per heavy atom. The summed E-state index contributed by atoms with van der Waals surface area (Å²) in [6.45, 7) is 13.0. The summed E-state index contributed by atoms with van der Waals surface area (Å²) >= 11 is 0. The molecule has 0 aliphatic carbocycles. The molecule has 0 radical (unpaired) electrons. The van der Waals surface area contributed by atoms with Crippen molar-refractivity contribution < 1.29 is 19.6 Å². The van der Waals surface area contributed by atoms with E-state index in [1.165, 1.54) is 34.6 Å². The minimum Gasteiger partial charge on any atom is -0.338 e. The molecule has 3 aromatic rings. The van der Waals surface area contributed by atoms with Gasteiger partial charge >= 0.3 is 0 Å². The number of hydrogen-bond acceptors (Lipinski definition) is 10. The van der Waals surface area contributed by atoms with Gasteiger partial charge in [0.1, 0.15) is 13.6 Å². The monoisotopic (exact) mass is 579 g/mol. The van der Waals surface area contributed by atoms with Gasteiger partial charge in [0.15, 0.2) is 0 Å². The minimum atomic E-state index is -0.602. The molecular weight excluding hydrogens is 534 g/mol. The molecule has 0 atom stereocenters. The van der Waals surface area contributed by atoms with Gasteiger partial charge in [0, 0.05) is 58.2 Å². The number of carbonyl (C=O) groups is 3. The van der Waals surface area contributed by atoms with Crippen LogP contribution in [0.3, 0.4) is 0 Å². The lowest BCUT2D eigenvalue weighted by molar-refractivity contribution is -0.0987. The number of carbonyl (C=O) groups excluding carboxylic acids is 3. The van der Waals surface area contributed by atoms with Gasteiger partial charge in [-0.1, -0.05) is 54.1 Å². The van der Waals surface area contributed by atoms with E-state index in [1.54, 1.807) is 5.48 Å². The molecule has 0 saturated carbocycles. The molecule has 0 spiro atoms. The number of hydroxylamine groups is 1. The zero-order valence-corrected chi connectivity index (χ0v) is 25.5. The maximum atomic E-state index is 11.1. The highest BCUT2D eigenvalue weighted by molar-refractivity contribution is 5.92. The Morgan fingerprint density at radius 1 is 0.905 bits per heavy atom. The molecule has 0 bridgehead atoms. The van der Waals surface area contributed by atoms with Crippen LogP contribution in [-0.4, -0.2) is 117 Å². The molecule has 1 aliphatic rings. The highest BCUT2D eigenvalue weighted by Gasteiger charge is 2.16. The molecule has 1 aliphatic heterocycles. The lowest BCUT2D eigenvalue weighted by atomic mass is 9.98. The van der Waals surface area contributed by atoms with Crippen molar-refractivity contribution in [1.29, 1.82) is 0 Å². The van der Waals surface area contributed by atoms with Crippen LogP contribution in [0, 0.1) is 6.92 Å². The molecule has 0 unspecified atom stereocenters. The van der Waals surface area contributed by atoms with Crippen LogP contribution in [0.5, 0.6) is 0 Å². The molecule has 1 saturated heterocycles. The van der Waals surface area contributed by atoms with Crippen molar-refractivity contribution in [2.24, 2.45) is 0 Å². The fourth-order valence-corrected chi connectivity index (χ4v) is 4.09. The van der Waals surface area contributed by atoms with Gasteiger partial charge < -0.3 is 29.2 Å². The number of nitrogens with zero attached hydrogens (tertiary/aromatic N) is 6. The fraction of sp³-hybridized carbons (Fsp3) is 0.387. The van der Waals surface area contributed by atoms with E-state index in [0.717, 1.165) is 45.8 Å². The number of amides is 1. The van der Waals surface area contributed by atoms with Crippen LogP contribution >= 0.6 is 0 Å². The molecule has 11 nitrogen and oxygen atoms in total. The van der Waals surface area contributed by atoms with E-state index in [1.807, 2.05) is 13.6 Å². The third kappa shape index (κ3) is 12.2. The summed E-state index contributed by atoms with van der Waals surface area (Å²) in [6, 6.07) is 17.5. The van der Waals surface area contributed by atoms with Crippen molar-refractivity contribution in [3.05, 3.63) is 77.6 Å². The smallest absolute Gasteiger partial charge is 0.277 e. The summed E-state index contributed by atoms with van der Waals surface area (Å²) < 4.78 is 0. The topological polar surface area (TPSA) is 122 Å². The molecule has 2 N–H and O–H groups in total. The Bertz CT molecular complexity index is 1170. The van der Waals surface area contributed by atoms with Crippen LogP contribution in [0.2, 0.25) is 0 Å². The fourth-order valence-electron chi connectivity index (χ4n) is 4.09. The second-order valence-electron chi connectivity index (χ2n) is 10.1. The van der Waals surface area contributed by atoms with Gasteiger partial charge in [0.2, 0.25) is 5.95 Å². The van der Waals surface area contributed by atoms with Crippen molar-refractivity contribution in [3.63, 3.8) is 0 Å². The van der Waals surface area contributed by atoms with E-state index < -0.39 is 5.91 Å². The van der Waals surface area contributed by atoms with Gasteiger partial charge in [-0.15, -0.1) is 0 Å². The Balaban J connectivity index is 0.000000382. The molecule has 1 amide bonds. The summed E-state index contributed by atoms with van der Waals surface area (Å²) in [4.78, 5) is 44.2. The lowest BCUT2D eigenvalue weighted by Gasteiger charge is -2.32. The van der Waals surface area contributed by atoms with E-state index >= 15 is 0 Å². The molecule has 1 aromatic heterocycles. The molecule has 11 heteroatoms. The maximum absolute atomic E-state index is 11.1. The minimum absolute atomic E-state index is 0.241. The third-order valence-electron chi connectivity index (χ3n) is 6.54. The zero-order valence-electron chi connectivity index (χ0n) is 25.5. The van der Waals surface area contributed by atoms with Crippen molar-refractivity contribution in [3.8, 4) is 11.1 Å². The Morgan fingerprint density at radius 2 is 1.48 bits per heavy atom. The summed E-state index contributed by atoms with van der Waals surface area (Å²) in [5.41, 5.74) is 7.13. The number of aromatic nitrogens is 2. The number of piperazine rings is 1. The molecule has 4 rings (SSSR count). The molecule has 2 heterocycles. The van der Waals surface area contributed by atoms with Crippen LogP contribution in [0.1, 0.15) is 21.5 Å². The summed E-state index contributed by atoms with van der Waals surface area (Å²) in [7, 11) is 8.50. The van der Waals surface area contributed by atoms with Crippen molar-refractivity contribution in [2.75, 3.05) is 72.4 Å². The summed E-state index contributed by atoms with van der Waals surface area (Å²) in [5, 5.41) is 8.46. The number of hydrogen-bond donors (Lipinski definition) is 2. The van der Waals surface area contributed by atoms with E-state index in [2.05, 4.69) is 113 Å². The predicted octanol–water partition coefficient (Wildman–Crippen LogP) is 2.63. The number of rotatable bonds is 8. The Labute approximate surface area is 249 Å². The normalized spacial score (nSPS) is 12.7. The van der Waals surface area contributed by atoms with Crippen LogP contribution in [0.25, 0.3) is 11.1 Å². The number of nitrogens with one attached hydrogen (secondary N) is 1. The van der Waals surface area contributed by atoms with Gasteiger partial charge in [0.05, 0.1) is 5.56 Å². The first-order valence-electron chi connectivity index (χ1n) is 13.5. The van der Waals surface area contributed by atoms with Gasteiger partial charge in [-0.25, -0.2) is 15.4 Å². The van der Waals surface area contributed by atoms with Crippen LogP contribution in [-0.2, 0) is 16.1 Å². The molecule has 42 heavy (non-hydrogen) atoms. The number of likely N-dealkylation sites (N-methyl/N-ethyl adjacent to an activating group) is 3. The first-order valence-corrected chi connectivity index (χ1v) is 13.5. The van der Waals surface area contributed by atoms with Gasteiger partial charge in [0.25, 0.3) is 5.91 Å². The molecule has 1 fully saturated rings. The second-order valence-corrected chi connectivity index (χ2v) is 10.1. The van der Waals surface area contributed by atoms with Crippen LogP contribution in [0.15, 0.2) is 60.9 Å². The quantitative estimate of drug-likeness (QED) is 0.304. The standard InChI is InChI=1S/C19H26N2.C10H15N5O2.2CH2O/c1-16-9-11-17(12-10-16)19-8-6-5-7-18(19)15-21(4)14-13-20(2)3;1-14-2-4-15(5-3-14)10-11-6-8(7-12-10)9(16)13-17;2*1-2/h5-12H,13-15H2,1-4H3;6-7,17H,2-5H2,1H3,(H,13,16);2*1H2. The number of aryl methyl sites for hydroxylation is 1. The average Bonchev–Trinajstić information content (AvgIpc) is 3.03. The van der Waals surface area contributed by atoms with E-state index in [4.69, 9.17) is 14.8 Å². The van der Waals surface area contributed by atoms with Crippen molar-refractivity contribution in [1.82, 2.24) is 30.1 Å². The highest BCUT2D eigenvalue weighted by Crippen LogP contribution is 2.25. The Hall–Kier alpha value is -4.03. The third-order valence-corrected chi connectivity index (χ3v) is 6.54. The van der Waals surface area contributed by atoms with E-state index in [0.29, 0.717) is 5.95 Å². The zero-order chi connectivity index (χ0) is 31.5. The summed E-state index contributed by atoms with van der Waals surface area (Å²) in [5.74, 6) is 0.0162. The lowest BCUT2D eigenvalue weighted by Crippen LogP contribution is -2.45. The largest absolute Gasteiger partial charge is 0.338 e. The highest BCUT2D eigenvalue weighted by atomic mass is 16.5. The van der Waals surface area contributed by atoms with Crippen LogP contribution < -0.4 is 10.4 Å². The molecular formula is C31H45N7O4. The van der Waals surface area contributed by atoms with Gasteiger partial charge in [-0.05, 0) is 51.8 Å².